The van der Waals surface area contributed by atoms with Gasteiger partial charge in [0.25, 0.3) is 0 Å². The van der Waals surface area contributed by atoms with Gasteiger partial charge in [0.2, 0.25) is 0 Å². The normalized spacial score (nSPS) is 31.6. The zero-order valence-corrected chi connectivity index (χ0v) is 20.1. The maximum Gasteiger partial charge on any atom is 0.312 e. The van der Waals surface area contributed by atoms with Gasteiger partial charge < -0.3 is 13.9 Å². The average Bonchev–Trinajstić information content (AvgIpc) is 2.87. The number of hydrogen-bond acceptors (Lipinski definition) is 4. The fraction of sp³-hybridized carbons (Fsp3) is 0.864. The molecule has 0 spiro atoms. The zero-order valence-electron chi connectivity index (χ0n) is 19.1. The fourth-order valence-corrected chi connectivity index (χ4v) is 5.69. The Morgan fingerprint density at radius 1 is 1.33 bits per heavy atom. The molecule has 0 aromatic rings. The number of rotatable bonds is 5. The molecule has 2 aliphatic rings. The average molecular weight is 397 g/mol. The molecule has 1 heterocycles. The van der Waals surface area contributed by atoms with Crippen molar-refractivity contribution in [3.8, 4) is 0 Å². The van der Waals surface area contributed by atoms with Crippen LogP contribution in [0.4, 0.5) is 0 Å². The van der Waals surface area contributed by atoms with Gasteiger partial charge in [-0.3, -0.25) is 4.79 Å². The molecular formula is C22H40O4Si. The first-order chi connectivity index (χ1) is 12.2. The van der Waals surface area contributed by atoms with Crippen molar-refractivity contribution in [2.24, 2.45) is 22.7 Å². The van der Waals surface area contributed by atoms with E-state index < -0.39 is 8.32 Å². The lowest BCUT2D eigenvalue weighted by molar-refractivity contribution is -0.145. The molecule has 156 valence electrons. The summed E-state index contributed by atoms with van der Waals surface area (Å²) in [6.45, 7) is 21.0. The molecule has 1 aliphatic carbocycles. The van der Waals surface area contributed by atoms with Crippen LogP contribution in [0.15, 0.2) is 11.8 Å². The van der Waals surface area contributed by atoms with Crippen molar-refractivity contribution in [2.45, 2.75) is 85.5 Å². The maximum atomic E-state index is 12.3. The van der Waals surface area contributed by atoms with Crippen molar-refractivity contribution in [1.29, 1.82) is 0 Å². The summed E-state index contributed by atoms with van der Waals surface area (Å²) >= 11 is 0. The highest BCUT2D eigenvalue weighted by Crippen LogP contribution is 2.59. The highest BCUT2D eigenvalue weighted by Gasteiger charge is 2.59. The van der Waals surface area contributed by atoms with E-state index in [0.717, 1.165) is 18.4 Å². The summed E-state index contributed by atoms with van der Waals surface area (Å²) in [5.41, 5.74) is 0.976. The molecule has 0 unspecified atom stereocenters. The Bertz CT molecular complexity index is 602. The quantitative estimate of drug-likeness (QED) is 0.452. The summed E-state index contributed by atoms with van der Waals surface area (Å²) in [6, 6.07) is 0. The van der Waals surface area contributed by atoms with Gasteiger partial charge in [0.05, 0.1) is 19.3 Å². The molecule has 5 heteroatoms. The molecule has 1 fully saturated rings. The largest absolute Gasteiger partial charge is 0.497 e. The van der Waals surface area contributed by atoms with Crippen molar-refractivity contribution < 1.29 is 18.7 Å². The van der Waals surface area contributed by atoms with Crippen LogP contribution in [0.25, 0.3) is 0 Å². The number of fused-ring (bicyclic) bond motifs is 1. The highest BCUT2D eigenvalue weighted by molar-refractivity contribution is 6.74. The van der Waals surface area contributed by atoms with Gasteiger partial charge in [-0.2, -0.15) is 0 Å². The molecule has 27 heavy (non-hydrogen) atoms. The second-order valence-corrected chi connectivity index (χ2v) is 15.7. The number of hydrogen-bond donors (Lipinski definition) is 0. The lowest BCUT2D eigenvalue weighted by Crippen LogP contribution is -2.54. The van der Waals surface area contributed by atoms with Crippen molar-refractivity contribution in [2.75, 3.05) is 13.7 Å². The zero-order chi connectivity index (χ0) is 20.8. The van der Waals surface area contributed by atoms with E-state index >= 15 is 0 Å². The Kier molecular flexibility index (Phi) is 6.01. The second-order valence-electron chi connectivity index (χ2n) is 10.9. The number of methoxy groups -OCH3 is 1. The van der Waals surface area contributed by atoms with Crippen molar-refractivity contribution in [3.05, 3.63) is 11.8 Å². The minimum absolute atomic E-state index is 0.112. The first kappa shape index (κ1) is 22.5. The summed E-state index contributed by atoms with van der Waals surface area (Å²) in [7, 11) is -0.402. The topological polar surface area (TPSA) is 44.8 Å². The number of carbonyl (C=O) groups excluding carboxylic acids is 1. The molecule has 0 bridgehead atoms. The molecule has 2 rings (SSSR count). The van der Waals surface area contributed by atoms with E-state index in [-0.39, 0.29) is 33.9 Å². The van der Waals surface area contributed by atoms with Crippen LogP contribution in [-0.2, 0) is 18.7 Å². The lowest BCUT2D eigenvalue weighted by Gasteiger charge is -2.53. The predicted molar refractivity (Wildman–Crippen MR) is 112 cm³/mol. The Morgan fingerprint density at radius 3 is 2.44 bits per heavy atom. The lowest BCUT2D eigenvalue weighted by atomic mass is 9.52. The van der Waals surface area contributed by atoms with Gasteiger partial charge >= 0.3 is 5.97 Å². The third kappa shape index (κ3) is 3.87. The number of esters is 1. The van der Waals surface area contributed by atoms with Crippen LogP contribution in [-0.4, -0.2) is 34.1 Å². The number of carbonyl (C=O) groups is 1. The molecular weight excluding hydrogens is 356 g/mol. The highest BCUT2D eigenvalue weighted by atomic mass is 28.4. The van der Waals surface area contributed by atoms with E-state index in [4.69, 9.17) is 13.9 Å². The molecule has 1 saturated carbocycles. The van der Waals surface area contributed by atoms with Crippen LogP contribution in [0.3, 0.4) is 0 Å². The first-order valence-corrected chi connectivity index (χ1v) is 13.2. The number of ether oxygens (including phenoxy) is 2. The second kappa shape index (κ2) is 7.22. The minimum Gasteiger partial charge on any atom is -0.497 e. The molecule has 0 aromatic heterocycles. The van der Waals surface area contributed by atoms with E-state index in [1.54, 1.807) is 0 Å². The van der Waals surface area contributed by atoms with E-state index in [1.165, 1.54) is 7.11 Å². The van der Waals surface area contributed by atoms with E-state index in [2.05, 4.69) is 54.6 Å². The van der Waals surface area contributed by atoms with Gasteiger partial charge in [-0.15, -0.1) is 0 Å². The third-order valence-corrected chi connectivity index (χ3v) is 12.3. The van der Waals surface area contributed by atoms with Gasteiger partial charge in [-0.05, 0) is 54.8 Å². The summed E-state index contributed by atoms with van der Waals surface area (Å²) in [5.74, 6) is -0.202. The SMILES string of the molecule is COC(=O)[C@@H](C)C1=CO[C@H]2CCC(C)(C)[C@H](CO[Si](C)(C)C(C)(C)C)[C@@]12C. The Balaban J connectivity index is 2.36. The van der Waals surface area contributed by atoms with Crippen LogP contribution in [0.1, 0.15) is 61.3 Å². The maximum absolute atomic E-state index is 12.3. The van der Waals surface area contributed by atoms with Crippen LogP contribution < -0.4 is 0 Å². The van der Waals surface area contributed by atoms with Crippen molar-refractivity contribution >= 4 is 14.3 Å². The Morgan fingerprint density at radius 2 is 1.93 bits per heavy atom. The van der Waals surface area contributed by atoms with Crippen LogP contribution in [0, 0.1) is 22.7 Å². The summed E-state index contributed by atoms with van der Waals surface area (Å²) in [5, 5.41) is 0.177. The van der Waals surface area contributed by atoms with Gasteiger partial charge in [-0.1, -0.05) is 41.5 Å². The molecule has 0 radical (unpaired) electrons. The minimum atomic E-state index is -1.86. The molecule has 0 aromatic carbocycles. The van der Waals surface area contributed by atoms with E-state index in [9.17, 15) is 4.79 Å². The molecule has 1 aliphatic heterocycles. The summed E-state index contributed by atoms with van der Waals surface area (Å²) < 4.78 is 17.8. The summed E-state index contributed by atoms with van der Waals surface area (Å²) in [6.07, 6.45) is 4.06. The van der Waals surface area contributed by atoms with Gasteiger partial charge in [0.15, 0.2) is 8.32 Å². The third-order valence-electron chi connectivity index (χ3n) is 7.81. The van der Waals surface area contributed by atoms with Crippen LogP contribution in [0.5, 0.6) is 0 Å². The smallest absolute Gasteiger partial charge is 0.312 e. The molecule has 4 atom stereocenters. The van der Waals surface area contributed by atoms with Crippen molar-refractivity contribution in [1.82, 2.24) is 0 Å². The molecule has 0 N–H and O–H groups in total. The molecule has 4 nitrogen and oxygen atoms in total. The molecule has 0 saturated heterocycles. The Hall–Kier alpha value is -0.813. The van der Waals surface area contributed by atoms with Crippen LogP contribution in [0.2, 0.25) is 18.1 Å². The van der Waals surface area contributed by atoms with Crippen LogP contribution >= 0.6 is 0 Å². The Labute approximate surface area is 167 Å². The molecule has 0 amide bonds. The fourth-order valence-electron chi connectivity index (χ4n) is 4.67. The van der Waals surface area contributed by atoms with E-state index in [0.29, 0.717) is 12.5 Å². The summed E-state index contributed by atoms with van der Waals surface area (Å²) in [4.78, 5) is 12.3. The monoisotopic (exact) mass is 396 g/mol. The van der Waals surface area contributed by atoms with Gasteiger partial charge in [0, 0.05) is 12.0 Å². The predicted octanol–water partition coefficient (Wildman–Crippen LogP) is 5.54. The van der Waals surface area contributed by atoms with Gasteiger partial charge in [0.1, 0.15) is 6.10 Å². The van der Waals surface area contributed by atoms with Crippen molar-refractivity contribution in [3.63, 3.8) is 0 Å². The van der Waals surface area contributed by atoms with Gasteiger partial charge in [-0.25, -0.2) is 0 Å². The first-order valence-electron chi connectivity index (χ1n) is 10.3. The van der Waals surface area contributed by atoms with E-state index in [1.807, 2.05) is 13.2 Å². The standard InChI is InChI=1S/C22H40O4Si/c1-15(19(23)24-8)16-13-25-18-11-12-21(5,6)17(22(16,18)7)14-26-27(9,10)20(2,3)4/h13,15,17-18H,11-12,14H2,1-10H3/t15-,17-,18-,22+/m0/s1.